The van der Waals surface area contributed by atoms with Gasteiger partial charge in [-0.1, -0.05) is 12.4 Å². The zero-order chi connectivity index (χ0) is 7.56. The van der Waals surface area contributed by atoms with Crippen LogP contribution in [-0.2, 0) is 4.79 Å². The van der Waals surface area contributed by atoms with Crippen molar-refractivity contribution < 1.29 is 4.79 Å². The first-order chi connectivity index (χ1) is 4.75. The Morgan fingerprint density at radius 3 is 2.60 bits per heavy atom. The molecular formula is C8H12BO. The Labute approximate surface area is 62.7 Å². The van der Waals surface area contributed by atoms with Crippen molar-refractivity contribution in [1.29, 1.82) is 0 Å². The molecule has 1 aliphatic carbocycles. The summed E-state index contributed by atoms with van der Waals surface area (Å²) in [5.41, 5.74) is 2.38. The van der Waals surface area contributed by atoms with E-state index in [9.17, 15) is 4.79 Å². The minimum atomic E-state index is 0.325. The monoisotopic (exact) mass is 135 g/mol. The molecular weight excluding hydrogens is 123 g/mol. The van der Waals surface area contributed by atoms with Crippen molar-refractivity contribution in [1.82, 2.24) is 0 Å². The Morgan fingerprint density at radius 2 is 2.30 bits per heavy atom. The molecule has 0 spiro atoms. The molecule has 0 aromatic carbocycles. The molecule has 1 nitrogen and oxygen atoms in total. The second-order valence-corrected chi connectivity index (χ2v) is 2.79. The summed E-state index contributed by atoms with van der Waals surface area (Å²) in [7, 11) is 1.92. The molecule has 0 saturated heterocycles. The molecule has 0 aliphatic heterocycles. The van der Waals surface area contributed by atoms with Crippen molar-refractivity contribution in [2.75, 3.05) is 0 Å². The minimum absolute atomic E-state index is 0.325. The normalized spacial score (nSPS) is 16.6. The molecule has 0 amide bonds. The predicted molar refractivity (Wildman–Crippen MR) is 43.4 cm³/mol. The Balaban J connectivity index is 2.50. The predicted octanol–water partition coefficient (Wildman–Crippen LogP) is 1.84. The van der Waals surface area contributed by atoms with Gasteiger partial charge < -0.3 is 0 Å². The van der Waals surface area contributed by atoms with Crippen LogP contribution in [0.3, 0.4) is 0 Å². The van der Waals surface area contributed by atoms with Crippen LogP contribution in [0.15, 0.2) is 11.1 Å². The van der Waals surface area contributed by atoms with E-state index in [1.165, 1.54) is 5.57 Å². The van der Waals surface area contributed by atoms with E-state index in [0.717, 1.165) is 18.4 Å². The van der Waals surface area contributed by atoms with Gasteiger partial charge in [-0.25, -0.2) is 0 Å². The average Bonchev–Trinajstić information content (AvgIpc) is 1.85. The van der Waals surface area contributed by atoms with Crippen molar-refractivity contribution in [2.45, 2.75) is 32.9 Å². The van der Waals surface area contributed by atoms with Gasteiger partial charge in [-0.3, -0.25) is 4.79 Å². The fraction of sp³-hybridized carbons (Fsp3) is 0.625. The molecule has 0 aromatic heterocycles. The molecule has 1 radical (unpaired) electrons. The maximum Gasteiger partial charge on any atom is 0.151 e. The lowest BCUT2D eigenvalue weighted by Crippen LogP contribution is -2.12. The van der Waals surface area contributed by atoms with E-state index < -0.39 is 0 Å². The third-order valence-corrected chi connectivity index (χ3v) is 1.99. The number of Topliss-reactive ketones (excluding diaryl/α,β-unsaturated/α-hetero) is 1. The molecule has 0 unspecified atom stereocenters. The molecule has 1 aliphatic rings. The summed E-state index contributed by atoms with van der Waals surface area (Å²) in [5.74, 6) is 0.325. The smallest absolute Gasteiger partial charge is 0.151 e. The van der Waals surface area contributed by atoms with E-state index in [0.29, 0.717) is 12.1 Å². The van der Waals surface area contributed by atoms with Crippen molar-refractivity contribution in [3.05, 3.63) is 11.1 Å². The highest BCUT2D eigenvalue weighted by Gasteiger charge is 2.18. The maximum absolute atomic E-state index is 11.1. The van der Waals surface area contributed by atoms with Gasteiger partial charge in [-0.2, -0.15) is 0 Å². The van der Waals surface area contributed by atoms with Crippen LogP contribution in [0.25, 0.3) is 0 Å². The van der Waals surface area contributed by atoms with Gasteiger partial charge in [0, 0.05) is 0 Å². The van der Waals surface area contributed by atoms with Crippen molar-refractivity contribution in [3.63, 3.8) is 0 Å². The van der Waals surface area contributed by atoms with E-state index in [1.807, 2.05) is 21.0 Å². The molecule has 1 rings (SSSR count). The van der Waals surface area contributed by atoms with Crippen LogP contribution in [0.1, 0.15) is 19.8 Å². The molecule has 0 fully saturated rings. The molecule has 0 heterocycles. The van der Waals surface area contributed by atoms with E-state index >= 15 is 0 Å². The Morgan fingerprint density at radius 1 is 1.60 bits per heavy atom. The van der Waals surface area contributed by atoms with Crippen LogP contribution in [-0.4, -0.2) is 13.1 Å². The number of allylic oxidation sites excluding steroid dienone is 2. The van der Waals surface area contributed by atoms with Crippen LogP contribution < -0.4 is 0 Å². The summed E-state index contributed by atoms with van der Waals surface area (Å²) in [5, 5.41) is 0. The second-order valence-electron chi connectivity index (χ2n) is 2.79. The first kappa shape index (κ1) is 7.58. The summed E-state index contributed by atoms with van der Waals surface area (Å²) in [6.45, 7) is 3.97. The number of carbonyl (C=O) groups is 1. The van der Waals surface area contributed by atoms with Crippen LogP contribution in [0, 0.1) is 0 Å². The van der Waals surface area contributed by atoms with Crippen LogP contribution >= 0.6 is 0 Å². The molecule has 0 saturated carbocycles. The molecule has 0 atom stereocenters. The number of rotatable bonds is 3. The highest BCUT2D eigenvalue weighted by atomic mass is 16.1. The molecule has 0 aromatic rings. The lowest BCUT2D eigenvalue weighted by Gasteiger charge is -2.18. The standard InChI is InChI=1S/C8H12BO/c1-6-3-4-7(6)8(10)5-9-2/h3-5H2,1-2H3. The summed E-state index contributed by atoms with van der Waals surface area (Å²) in [4.78, 5) is 11.1. The molecule has 0 N–H and O–H groups in total. The number of hydrogen-bond donors (Lipinski definition) is 0. The fourth-order valence-corrected chi connectivity index (χ4v) is 1.19. The zero-order valence-electron chi connectivity index (χ0n) is 6.61. The number of carbonyl (C=O) groups excluding carboxylic acids is 1. The topological polar surface area (TPSA) is 17.1 Å². The van der Waals surface area contributed by atoms with E-state index in [1.54, 1.807) is 0 Å². The molecule has 10 heavy (non-hydrogen) atoms. The van der Waals surface area contributed by atoms with Crippen LogP contribution in [0.4, 0.5) is 0 Å². The Bertz CT molecular complexity index is 182. The summed E-state index contributed by atoms with van der Waals surface area (Å²) in [6.07, 6.45) is 2.76. The third kappa shape index (κ3) is 1.31. The van der Waals surface area contributed by atoms with Crippen LogP contribution in [0.2, 0.25) is 13.1 Å². The first-order valence-electron chi connectivity index (χ1n) is 3.75. The van der Waals surface area contributed by atoms with Gasteiger partial charge in [-0.05, 0) is 31.7 Å². The van der Waals surface area contributed by atoms with E-state index in [-0.39, 0.29) is 0 Å². The lowest BCUT2D eigenvalue weighted by molar-refractivity contribution is -0.114. The van der Waals surface area contributed by atoms with Gasteiger partial charge in [0.2, 0.25) is 0 Å². The zero-order valence-corrected chi connectivity index (χ0v) is 6.61. The van der Waals surface area contributed by atoms with Gasteiger partial charge in [-0.15, -0.1) is 0 Å². The van der Waals surface area contributed by atoms with Gasteiger partial charge in [0.15, 0.2) is 5.78 Å². The maximum atomic E-state index is 11.1. The second kappa shape index (κ2) is 3.04. The highest BCUT2D eigenvalue weighted by molar-refractivity contribution is 6.41. The van der Waals surface area contributed by atoms with Crippen LogP contribution in [0.5, 0.6) is 0 Å². The van der Waals surface area contributed by atoms with E-state index in [4.69, 9.17) is 0 Å². The van der Waals surface area contributed by atoms with Gasteiger partial charge in [0.1, 0.15) is 7.28 Å². The van der Waals surface area contributed by atoms with Gasteiger partial charge in [0.25, 0.3) is 0 Å². The molecule has 0 bridgehead atoms. The summed E-state index contributed by atoms with van der Waals surface area (Å²) in [6, 6.07) is 0. The van der Waals surface area contributed by atoms with Crippen molar-refractivity contribution in [3.8, 4) is 0 Å². The van der Waals surface area contributed by atoms with Gasteiger partial charge >= 0.3 is 0 Å². The Kier molecular flexibility index (Phi) is 2.31. The van der Waals surface area contributed by atoms with E-state index in [2.05, 4.69) is 0 Å². The first-order valence-corrected chi connectivity index (χ1v) is 3.75. The molecule has 2 heteroatoms. The molecule has 53 valence electrons. The minimum Gasteiger partial charge on any atom is -0.295 e. The lowest BCUT2D eigenvalue weighted by atomic mass is 9.72. The average molecular weight is 135 g/mol. The highest BCUT2D eigenvalue weighted by Crippen LogP contribution is 2.28. The third-order valence-electron chi connectivity index (χ3n) is 1.99. The fourth-order valence-electron chi connectivity index (χ4n) is 1.19. The quantitative estimate of drug-likeness (QED) is 0.539. The largest absolute Gasteiger partial charge is 0.295 e. The Hall–Kier alpha value is -0.525. The van der Waals surface area contributed by atoms with Gasteiger partial charge in [0.05, 0.1) is 0 Å². The number of hydrogen-bond acceptors (Lipinski definition) is 1. The van der Waals surface area contributed by atoms with Crippen molar-refractivity contribution in [2.24, 2.45) is 0 Å². The SMILES string of the molecule is C[B]CC(=O)C1=C(C)CC1. The summed E-state index contributed by atoms with van der Waals surface area (Å²) >= 11 is 0. The summed E-state index contributed by atoms with van der Waals surface area (Å²) < 4.78 is 0. The number of ketones is 1. The van der Waals surface area contributed by atoms with Crippen molar-refractivity contribution >= 4 is 13.1 Å².